The number of aliphatic hydroxyl groups is 2. The summed E-state index contributed by atoms with van der Waals surface area (Å²) in [5, 5.41) is 36.2. The van der Waals surface area contributed by atoms with Gasteiger partial charge in [-0.25, -0.2) is 0 Å². The van der Waals surface area contributed by atoms with Crippen LogP contribution in [0.25, 0.3) is 0 Å². The normalized spacial score (nSPS) is 10.3. The minimum absolute atomic E-state index is 0.0501. The molecule has 0 bridgehead atoms. The lowest BCUT2D eigenvalue weighted by Crippen LogP contribution is -2.29. The standard InChI is InChI=1S/C10H15NO4/c12-3-1-11(2-4-13)8-5-9(14)7-10(15)6-8/h5-7,12-15H,1-4H2. The Kier molecular flexibility index (Phi) is 4.20. The van der Waals surface area contributed by atoms with E-state index in [0.29, 0.717) is 18.8 Å². The van der Waals surface area contributed by atoms with Crippen LogP contribution in [0.3, 0.4) is 0 Å². The SMILES string of the molecule is OCCN(CCO)c1cc(O)cc(O)c1. The topological polar surface area (TPSA) is 84.2 Å². The first-order valence-electron chi connectivity index (χ1n) is 4.67. The second-order valence-corrected chi connectivity index (χ2v) is 3.14. The summed E-state index contributed by atoms with van der Waals surface area (Å²) in [7, 11) is 0. The fourth-order valence-electron chi connectivity index (χ4n) is 1.37. The van der Waals surface area contributed by atoms with Crippen molar-refractivity contribution in [3.63, 3.8) is 0 Å². The molecular weight excluding hydrogens is 198 g/mol. The second kappa shape index (κ2) is 5.43. The number of anilines is 1. The number of phenols is 2. The highest BCUT2D eigenvalue weighted by Crippen LogP contribution is 2.26. The molecule has 0 aliphatic rings. The average Bonchev–Trinajstić information content (AvgIpc) is 2.16. The molecule has 84 valence electrons. The van der Waals surface area contributed by atoms with Crippen LogP contribution in [0.15, 0.2) is 18.2 Å². The third-order valence-corrected chi connectivity index (χ3v) is 1.99. The molecule has 0 saturated carbocycles. The molecule has 0 aromatic heterocycles. The predicted octanol–water partition coefficient (Wildman–Crippen LogP) is -0.111. The van der Waals surface area contributed by atoms with E-state index >= 15 is 0 Å². The molecule has 0 spiro atoms. The average molecular weight is 213 g/mol. The molecule has 0 heterocycles. The number of phenolic OH excluding ortho intramolecular Hbond substituents is 2. The number of aromatic hydroxyl groups is 2. The first-order valence-corrected chi connectivity index (χ1v) is 4.67. The Hall–Kier alpha value is -1.46. The van der Waals surface area contributed by atoms with Crippen molar-refractivity contribution in [2.75, 3.05) is 31.2 Å². The largest absolute Gasteiger partial charge is 0.508 e. The third kappa shape index (κ3) is 3.30. The van der Waals surface area contributed by atoms with Crippen LogP contribution in [0.5, 0.6) is 11.5 Å². The van der Waals surface area contributed by atoms with Gasteiger partial charge in [0.25, 0.3) is 0 Å². The molecule has 4 N–H and O–H groups in total. The van der Waals surface area contributed by atoms with Crippen molar-refractivity contribution in [2.45, 2.75) is 0 Å². The summed E-state index contributed by atoms with van der Waals surface area (Å²) in [5.41, 5.74) is 0.565. The predicted molar refractivity (Wildman–Crippen MR) is 56.2 cm³/mol. The van der Waals surface area contributed by atoms with E-state index < -0.39 is 0 Å². The first kappa shape index (κ1) is 11.6. The number of nitrogens with zero attached hydrogens (tertiary/aromatic N) is 1. The highest BCUT2D eigenvalue weighted by molar-refractivity contribution is 5.54. The third-order valence-electron chi connectivity index (χ3n) is 1.99. The smallest absolute Gasteiger partial charge is 0.121 e. The Morgan fingerprint density at radius 3 is 1.73 bits per heavy atom. The molecule has 5 heteroatoms. The van der Waals surface area contributed by atoms with Gasteiger partial charge in [-0.05, 0) is 0 Å². The molecule has 0 amide bonds. The van der Waals surface area contributed by atoms with Gasteiger partial charge in [-0.2, -0.15) is 0 Å². The van der Waals surface area contributed by atoms with Gasteiger partial charge in [0.05, 0.1) is 13.2 Å². The molecular formula is C10H15NO4. The quantitative estimate of drug-likeness (QED) is 0.548. The summed E-state index contributed by atoms with van der Waals surface area (Å²) < 4.78 is 0. The van der Waals surface area contributed by atoms with Crippen molar-refractivity contribution in [2.24, 2.45) is 0 Å². The van der Waals surface area contributed by atoms with Crippen molar-refractivity contribution in [1.29, 1.82) is 0 Å². The number of hydrogen-bond acceptors (Lipinski definition) is 5. The van der Waals surface area contributed by atoms with E-state index in [0.717, 1.165) is 0 Å². The molecule has 0 atom stereocenters. The molecule has 0 radical (unpaired) electrons. The molecule has 15 heavy (non-hydrogen) atoms. The van der Waals surface area contributed by atoms with Crippen LogP contribution in [0.2, 0.25) is 0 Å². The van der Waals surface area contributed by atoms with Gasteiger partial charge in [0.2, 0.25) is 0 Å². The Morgan fingerprint density at radius 2 is 1.33 bits per heavy atom. The maximum Gasteiger partial charge on any atom is 0.121 e. The number of aliphatic hydroxyl groups excluding tert-OH is 2. The van der Waals surface area contributed by atoms with E-state index in [9.17, 15) is 10.2 Å². The number of hydrogen-bond donors (Lipinski definition) is 4. The Labute approximate surface area is 87.8 Å². The fraction of sp³-hybridized carbons (Fsp3) is 0.400. The van der Waals surface area contributed by atoms with Crippen molar-refractivity contribution in [3.05, 3.63) is 18.2 Å². The second-order valence-electron chi connectivity index (χ2n) is 3.14. The van der Waals surface area contributed by atoms with Gasteiger partial charge in [-0.1, -0.05) is 0 Å². The highest BCUT2D eigenvalue weighted by Gasteiger charge is 2.07. The molecule has 0 fully saturated rings. The van der Waals surface area contributed by atoms with Crippen molar-refractivity contribution < 1.29 is 20.4 Å². The number of benzene rings is 1. The van der Waals surface area contributed by atoms with Gasteiger partial charge in [-0.3, -0.25) is 0 Å². The molecule has 0 unspecified atom stereocenters. The van der Waals surface area contributed by atoms with E-state index in [-0.39, 0.29) is 24.7 Å². The molecule has 5 nitrogen and oxygen atoms in total. The van der Waals surface area contributed by atoms with E-state index in [2.05, 4.69) is 0 Å². The lowest BCUT2D eigenvalue weighted by atomic mass is 10.2. The lowest BCUT2D eigenvalue weighted by Gasteiger charge is -2.23. The van der Waals surface area contributed by atoms with Crippen LogP contribution in [-0.4, -0.2) is 46.7 Å². The van der Waals surface area contributed by atoms with Crippen molar-refractivity contribution in [1.82, 2.24) is 0 Å². The van der Waals surface area contributed by atoms with Crippen LogP contribution >= 0.6 is 0 Å². The molecule has 0 aliphatic carbocycles. The molecule has 1 rings (SSSR count). The minimum atomic E-state index is -0.0591. The highest BCUT2D eigenvalue weighted by atomic mass is 16.3. The zero-order valence-electron chi connectivity index (χ0n) is 8.30. The summed E-state index contributed by atoms with van der Waals surface area (Å²) in [6.07, 6.45) is 0. The van der Waals surface area contributed by atoms with Gasteiger partial charge in [0.15, 0.2) is 0 Å². The summed E-state index contributed by atoms with van der Waals surface area (Å²) in [5.74, 6) is -0.100. The van der Waals surface area contributed by atoms with Gasteiger partial charge in [0.1, 0.15) is 11.5 Å². The van der Waals surface area contributed by atoms with Crippen molar-refractivity contribution >= 4 is 5.69 Å². The maximum absolute atomic E-state index is 9.27. The monoisotopic (exact) mass is 213 g/mol. The van der Waals surface area contributed by atoms with E-state index in [1.807, 2.05) is 0 Å². The first-order chi connectivity index (χ1) is 7.17. The van der Waals surface area contributed by atoms with Crippen LogP contribution in [0, 0.1) is 0 Å². The summed E-state index contributed by atoms with van der Waals surface area (Å²) in [4.78, 5) is 1.67. The molecule has 1 aromatic rings. The van der Waals surface area contributed by atoms with E-state index in [1.54, 1.807) is 4.90 Å². The van der Waals surface area contributed by atoms with Crippen LogP contribution in [0.1, 0.15) is 0 Å². The van der Waals surface area contributed by atoms with Crippen LogP contribution < -0.4 is 4.90 Å². The van der Waals surface area contributed by atoms with Crippen LogP contribution in [-0.2, 0) is 0 Å². The summed E-state index contributed by atoms with van der Waals surface area (Å²) in [6.45, 7) is 0.555. The minimum Gasteiger partial charge on any atom is -0.508 e. The zero-order valence-corrected chi connectivity index (χ0v) is 8.30. The summed E-state index contributed by atoms with van der Waals surface area (Å²) in [6, 6.07) is 4.15. The fourth-order valence-corrected chi connectivity index (χ4v) is 1.37. The van der Waals surface area contributed by atoms with Gasteiger partial charge < -0.3 is 25.3 Å². The molecule has 0 aliphatic heterocycles. The van der Waals surface area contributed by atoms with Gasteiger partial charge in [0, 0.05) is 37.0 Å². The summed E-state index contributed by atoms with van der Waals surface area (Å²) >= 11 is 0. The van der Waals surface area contributed by atoms with E-state index in [4.69, 9.17) is 10.2 Å². The van der Waals surface area contributed by atoms with E-state index in [1.165, 1.54) is 18.2 Å². The Morgan fingerprint density at radius 1 is 0.867 bits per heavy atom. The zero-order chi connectivity index (χ0) is 11.3. The maximum atomic E-state index is 9.27. The van der Waals surface area contributed by atoms with Gasteiger partial charge in [-0.15, -0.1) is 0 Å². The molecule has 0 saturated heterocycles. The van der Waals surface area contributed by atoms with Gasteiger partial charge >= 0.3 is 0 Å². The molecule has 1 aromatic carbocycles. The van der Waals surface area contributed by atoms with Crippen LogP contribution in [0.4, 0.5) is 5.69 Å². The van der Waals surface area contributed by atoms with Crippen molar-refractivity contribution in [3.8, 4) is 11.5 Å². The number of rotatable bonds is 5. The lowest BCUT2D eigenvalue weighted by molar-refractivity contribution is 0.281. The Bertz CT molecular complexity index is 290. The Balaban J connectivity index is 2.88.